The first-order valence-electron chi connectivity index (χ1n) is 9.46. The van der Waals surface area contributed by atoms with Gasteiger partial charge in [0.15, 0.2) is 0 Å². The van der Waals surface area contributed by atoms with Crippen molar-refractivity contribution in [1.82, 2.24) is 4.31 Å². The zero-order chi connectivity index (χ0) is 21.0. The molecule has 0 saturated carbocycles. The van der Waals surface area contributed by atoms with E-state index in [0.717, 1.165) is 11.3 Å². The molecule has 1 amide bonds. The third-order valence-corrected chi connectivity index (χ3v) is 6.57. The van der Waals surface area contributed by atoms with Crippen molar-refractivity contribution < 1.29 is 27.2 Å². The maximum atomic E-state index is 12.8. The number of aryl methyl sites for hydroxylation is 1. The molecule has 1 aliphatic heterocycles. The van der Waals surface area contributed by atoms with Gasteiger partial charge in [0.1, 0.15) is 0 Å². The number of hydrogen-bond donors (Lipinski definition) is 1. The Bertz CT molecular complexity index is 973. The quantitative estimate of drug-likeness (QED) is 0.721. The van der Waals surface area contributed by atoms with Gasteiger partial charge < -0.3 is 14.5 Å². The molecule has 0 radical (unpaired) electrons. The number of nitrogens with one attached hydrogen (secondary N) is 1. The second-order valence-corrected chi connectivity index (χ2v) is 8.74. The summed E-state index contributed by atoms with van der Waals surface area (Å²) in [6, 6.07) is 10.0. The molecule has 0 aliphatic carbocycles. The van der Waals surface area contributed by atoms with Crippen molar-refractivity contribution in [1.29, 1.82) is 0 Å². The van der Waals surface area contributed by atoms with Gasteiger partial charge in [0, 0.05) is 24.7 Å². The van der Waals surface area contributed by atoms with Gasteiger partial charge in [0.05, 0.1) is 6.61 Å². The van der Waals surface area contributed by atoms with Gasteiger partial charge in [-0.25, -0.2) is 13.2 Å². The minimum atomic E-state index is -3.88. The van der Waals surface area contributed by atoms with E-state index < -0.39 is 16.0 Å². The van der Waals surface area contributed by atoms with E-state index in [-0.39, 0.29) is 42.4 Å². The van der Waals surface area contributed by atoms with Crippen molar-refractivity contribution in [3.05, 3.63) is 47.7 Å². The van der Waals surface area contributed by atoms with E-state index in [2.05, 4.69) is 5.32 Å². The number of piperidine rings is 1. The maximum absolute atomic E-state index is 12.8. The minimum Gasteiger partial charge on any atom is -0.460 e. The monoisotopic (exact) mass is 420 g/mol. The molecular formula is C20H24N2O6S. The lowest BCUT2D eigenvalue weighted by atomic mass is 9.97. The number of anilines is 1. The first-order valence-corrected chi connectivity index (χ1v) is 10.9. The van der Waals surface area contributed by atoms with Crippen LogP contribution in [0.1, 0.15) is 35.9 Å². The second-order valence-electron chi connectivity index (χ2n) is 6.87. The summed E-state index contributed by atoms with van der Waals surface area (Å²) in [4.78, 5) is 24.1. The van der Waals surface area contributed by atoms with Gasteiger partial charge in [0.2, 0.25) is 16.8 Å². The summed E-state index contributed by atoms with van der Waals surface area (Å²) in [7, 11) is -3.88. The van der Waals surface area contributed by atoms with E-state index in [4.69, 9.17) is 9.15 Å². The van der Waals surface area contributed by atoms with Gasteiger partial charge >= 0.3 is 5.97 Å². The molecule has 0 unspecified atom stereocenters. The molecule has 1 aromatic heterocycles. The molecule has 1 saturated heterocycles. The Hall–Kier alpha value is -2.65. The number of benzene rings is 1. The third-order valence-electron chi connectivity index (χ3n) is 4.80. The van der Waals surface area contributed by atoms with Crippen LogP contribution < -0.4 is 5.32 Å². The predicted molar refractivity (Wildman–Crippen MR) is 106 cm³/mol. The number of nitrogens with zero attached hydrogens (tertiary/aromatic N) is 1. The Balaban J connectivity index is 1.60. The van der Waals surface area contributed by atoms with Crippen molar-refractivity contribution in [3.8, 4) is 0 Å². The Labute approximate surface area is 169 Å². The molecule has 1 N–H and O–H groups in total. The predicted octanol–water partition coefficient (Wildman–Crippen LogP) is 2.80. The maximum Gasteiger partial charge on any atom is 0.374 e. The normalized spacial score (nSPS) is 15.8. The molecule has 1 fully saturated rings. The van der Waals surface area contributed by atoms with Gasteiger partial charge in [-0.1, -0.05) is 17.7 Å². The average molecular weight is 420 g/mol. The average Bonchev–Trinajstić information content (AvgIpc) is 3.21. The molecule has 29 heavy (non-hydrogen) atoms. The molecule has 2 heterocycles. The smallest absolute Gasteiger partial charge is 0.374 e. The summed E-state index contributed by atoms with van der Waals surface area (Å²) in [6.45, 7) is 4.18. The molecule has 2 aromatic rings. The van der Waals surface area contributed by atoms with Crippen LogP contribution in [0.15, 0.2) is 45.9 Å². The zero-order valence-electron chi connectivity index (χ0n) is 16.4. The highest BCUT2D eigenvalue weighted by atomic mass is 32.2. The first kappa shape index (κ1) is 21.1. The number of ether oxygens (including phenoxy) is 1. The van der Waals surface area contributed by atoms with Gasteiger partial charge in [-0.05, 0) is 51.0 Å². The van der Waals surface area contributed by atoms with Gasteiger partial charge in [-0.15, -0.1) is 0 Å². The van der Waals surface area contributed by atoms with Crippen molar-refractivity contribution in [2.45, 2.75) is 31.8 Å². The lowest BCUT2D eigenvalue weighted by Gasteiger charge is -2.29. The first-order chi connectivity index (χ1) is 13.8. The zero-order valence-corrected chi connectivity index (χ0v) is 17.2. The number of furan rings is 1. The Morgan fingerprint density at radius 2 is 1.79 bits per heavy atom. The summed E-state index contributed by atoms with van der Waals surface area (Å²) in [5.41, 5.74) is 1.82. The molecule has 9 heteroatoms. The number of amides is 1. The van der Waals surface area contributed by atoms with E-state index >= 15 is 0 Å². The summed E-state index contributed by atoms with van der Waals surface area (Å²) >= 11 is 0. The van der Waals surface area contributed by atoms with Gasteiger partial charge in [-0.2, -0.15) is 4.31 Å². The molecule has 1 aliphatic rings. The highest BCUT2D eigenvalue weighted by molar-refractivity contribution is 7.89. The Morgan fingerprint density at radius 3 is 2.41 bits per heavy atom. The van der Waals surface area contributed by atoms with Crippen molar-refractivity contribution in [2.24, 2.45) is 5.92 Å². The molecule has 8 nitrogen and oxygen atoms in total. The van der Waals surface area contributed by atoms with Crippen molar-refractivity contribution >= 4 is 27.6 Å². The molecule has 3 rings (SSSR count). The highest BCUT2D eigenvalue weighted by Gasteiger charge is 2.34. The van der Waals surface area contributed by atoms with Crippen molar-refractivity contribution in [2.75, 3.05) is 25.0 Å². The van der Waals surface area contributed by atoms with Crippen LogP contribution >= 0.6 is 0 Å². The molecule has 156 valence electrons. The largest absolute Gasteiger partial charge is 0.460 e. The lowest BCUT2D eigenvalue weighted by Crippen LogP contribution is -2.41. The standard InChI is InChI=1S/C20H24N2O6S/c1-3-27-20(24)17-8-9-18(28-17)29(25,26)22-12-10-15(11-13-22)19(23)21-16-6-4-14(2)5-7-16/h4-9,15H,3,10-13H2,1-2H3,(H,21,23). The second kappa shape index (κ2) is 8.79. The van der Waals surface area contributed by atoms with Crippen molar-refractivity contribution in [3.63, 3.8) is 0 Å². The number of esters is 1. The van der Waals surface area contributed by atoms with Crippen LogP contribution in [0.3, 0.4) is 0 Å². The van der Waals surface area contributed by atoms with Crippen LogP contribution in [0, 0.1) is 12.8 Å². The molecule has 0 bridgehead atoms. The van der Waals surface area contributed by atoms with E-state index in [0.29, 0.717) is 12.8 Å². The van der Waals surface area contributed by atoms with E-state index in [1.54, 1.807) is 6.92 Å². The van der Waals surface area contributed by atoms with E-state index in [9.17, 15) is 18.0 Å². The van der Waals surface area contributed by atoms with E-state index in [1.165, 1.54) is 16.4 Å². The van der Waals surface area contributed by atoms with Crippen LogP contribution in [0.2, 0.25) is 0 Å². The number of carbonyl (C=O) groups excluding carboxylic acids is 2. The highest BCUT2D eigenvalue weighted by Crippen LogP contribution is 2.26. The van der Waals surface area contributed by atoms with Gasteiger partial charge in [0.25, 0.3) is 10.0 Å². The number of sulfonamides is 1. The van der Waals surface area contributed by atoms with Crippen LogP contribution in [0.4, 0.5) is 5.69 Å². The minimum absolute atomic E-state index is 0.117. The number of carbonyl (C=O) groups is 2. The Kier molecular flexibility index (Phi) is 6.39. The SMILES string of the molecule is CCOC(=O)c1ccc(S(=O)(=O)N2CCC(C(=O)Nc3ccc(C)cc3)CC2)o1. The lowest BCUT2D eigenvalue weighted by molar-refractivity contribution is -0.120. The number of hydrogen-bond acceptors (Lipinski definition) is 6. The van der Waals surface area contributed by atoms with Gasteiger partial charge in [-0.3, -0.25) is 4.79 Å². The summed E-state index contributed by atoms with van der Waals surface area (Å²) < 4.78 is 36.8. The fraction of sp³-hybridized carbons (Fsp3) is 0.400. The van der Waals surface area contributed by atoms with Crippen LogP contribution in [0.5, 0.6) is 0 Å². The summed E-state index contributed by atoms with van der Waals surface area (Å²) in [5.74, 6) is -1.25. The van der Waals surface area contributed by atoms with E-state index in [1.807, 2.05) is 31.2 Å². The fourth-order valence-electron chi connectivity index (χ4n) is 3.14. The summed E-state index contributed by atoms with van der Waals surface area (Å²) in [5, 5.41) is 2.57. The number of rotatable bonds is 6. The molecule has 1 aromatic carbocycles. The molecular weight excluding hydrogens is 396 g/mol. The summed E-state index contributed by atoms with van der Waals surface area (Å²) in [6.07, 6.45) is 0.810. The fourth-order valence-corrected chi connectivity index (χ4v) is 4.52. The van der Waals surface area contributed by atoms with Crippen LogP contribution in [-0.4, -0.2) is 44.3 Å². The third kappa shape index (κ3) is 4.86. The molecule has 0 atom stereocenters. The Morgan fingerprint density at radius 1 is 1.14 bits per heavy atom. The van der Waals surface area contributed by atoms with Crippen LogP contribution in [0.25, 0.3) is 0 Å². The molecule has 0 spiro atoms. The topological polar surface area (TPSA) is 106 Å². The van der Waals surface area contributed by atoms with Crippen LogP contribution in [-0.2, 0) is 19.6 Å².